The normalized spacial score (nSPS) is 30.2. The van der Waals surface area contributed by atoms with Crippen molar-refractivity contribution in [1.29, 1.82) is 0 Å². The summed E-state index contributed by atoms with van der Waals surface area (Å²) in [6.45, 7) is 0.895. The van der Waals surface area contributed by atoms with Crippen LogP contribution in [-0.4, -0.2) is 37.3 Å². The van der Waals surface area contributed by atoms with Crippen LogP contribution < -0.4 is 5.32 Å². The van der Waals surface area contributed by atoms with Crippen LogP contribution in [0.2, 0.25) is 0 Å². The van der Waals surface area contributed by atoms with Gasteiger partial charge in [0.1, 0.15) is 0 Å². The van der Waals surface area contributed by atoms with E-state index >= 15 is 0 Å². The van der Waals surface area contributed by atoms with Gasteiger partial charge in [0, 0.05) is 24.9 Å². The van der Waals surface area contributed by atoms with E-state index in [0.717, 1.165) is 18.6 Å². The summed E-state index contributed by atoms with van der Waals surface area (Å²) >= 11 is 2.09. The third kappa shape index (κ3) is 3.14. The van der Waals surface area contributed by atoms with Crippen LogP contribution in [0.4, 0.5) is 0 Å². The second kappa shape index (κ2) is 5.38. The van der Waals surface area contributed by atoms with Gasteiger partial charge in [0.15, 0.2) is 0 Å². The van der Waals surface area contributed by atoms with Crippen LogP contribution in [-0.2, 0) is 4.74 Å². The highest BCUT2D eigenvalue weighted by Gasteiger charge is 2.32. The van der Waals surface area contributed by atoms with E-state index in [2.05, 4.69) is 17.1 Å². The fourth-order valence-corrected chi connectivity index (χ4v) is 3.26. The average Bonchev–Trinajstić information content (AvgIpc) is 3.02. The molecule has 1 heterocycles. The largest absolute Gasteiger partial charge is 0.383 e. The topological polar surface area (TPSA) is 21.3 Å². The van der Waals surface area contributed by atoms with Crippen molar-refractivity contribution in [2.75, 3.05) is 25.2 Å². The zero-order valence-corrected chi connectivity index (χ0v) is 9.81. The van der Waals surface area contributed by atoms with Crippen LogP contribution in [0.5, 0.6) is 0 Å². The van der Waals surface area contributed by atoms with Crippen LogP contribution in [0, 0.1) is 5.92 Å². The predicted octanol–water partition coefficient (Wildman–Crippen LogP) is 1.90. The number of methoxy groups -OCH3 is 1. The molecule has 1 aliphatic heterocycles. The van der Waals surface area contributed by atoms with Gasteiger partial charge in [-0.05, 0) is 37.4 Å². The van der Waals surface area contributed by atoms with E-state index in [0.29, 0.717) is 6.04 Å². The molecular formula is C11H21NOS. The lowest BCUT2D eigenvalue weighted by Crippen LogP contribution is -2.44. The fourth-order valence-electron chi connectivity index (χ4n) is 2.17. The van der Waals surface area contributed by atoms with Gasteiger partial charge in [-0.3, -0.25) is 0 Å². The molecule has 0 radical (unpaired) electrons. The zero-order chi connectivity index (χ0) is 9.80. The highest BCUT2D eigenvalue weighted by atomic mass is 32.2. The van der Waals surface area contributed by atoms with Crippen molar-refractivity contribution in [2.24, 2.45) is 5.92 Å². The van der Waals surface area contributed by atoms with Crippen LogP contribution in [0.25, 0.3) is 0 Å². The van der Waals surface area contributed by atoms with Crippen LogP contribution in [0.1, 0.15) is 25.7 Å². The molecule has 2 atom stereocenters. The van der Waals surface area contributed by atoms with Crippen molar-refractivity contribution < 1.29 is 4.74 Å². The minimum Gasteiger partial charge on any atom is -0.383 e. The monoisotopic (exact) mass is 215 g/mol. The maximum atomic E-state index is 5.28. The van der Waals surface area contributed by atoms with Crippen LogP contribution in [0.3, 0.4) is 0 Å². The van der Waals surface area contributed by atoms with Gasteiger partial charge in [-0.1, -0.05) is 0 Å². The molecule has 2 aliphatic rings. The van der Waals surface area contributed by atoms with Crippen molar-refractivity contribution >= 4 is 11.8 Å². The van der Waals surface area contributed by atoms with Crippen molar-refractivity contribution in [2.45, 2.75) is 37.8 Å². The first-order valence-corrected chi connectivity index (χ1v) is 6.88. The first kappa shape index (κ1) is 10.8. The number of hydrogen-bond donors (Lipinski definition) is 1. The summed E-state index contributed by atoms with van der Waals surface area (Å²) in [5, 5.41) is 3.77. The molecule has 2 rings (SSSR count). The van der Waals surface area contributed by atoms with E-state index in [-0.39, 0.29) is 0 Å². The van der Waals surface area contributed by atoms with Crippen molar-refractivity contribution in [1.82, 2.24) is 5.32 Å². The van der Waals surface area contributed by atoms with Gasteiger partial charge >= 0.3 is 0 Å². The Kier molecular flexibility index (Phi) is 4.14. The molecule has 1 saturated carbocycles. The first-order chi connectivity index (χ1) is 6.90. The summed E-state index contributed by atoms with van der Waals surface area (Å²) in [6.07, 6.45) is 5.55. The summed E-state index contributed by atoms with van der Waals surface area (Å²) in [7, 11) is 1.81. The Bertz CT molecular complexity index is 167. The molecule has 0 bridgehead atoms. The smallest absolute Gasteiger partial charge is 0.0618 e. The van der Waals surface area contributed by atoms with Crippen molar-refractivity contribution in [3.63, 3.8) is 0 Å². The summed E-state index contributed by atoms with van der Waals surface area (Å²) in [5.41, 5.74) is 0. The molecule has 82 valence electrons. The van der Waals surface area contributed by atoms with Crippen molar-refractivity contribution in [3.05, 3.63) is 0 Å². The average molecular weight is 215 g/mol. The first-order valence-electron chi connectivity index (χ1n) is 5.73. The Morgan fingerprint density at radius 3 is 2.86 bits per heavy atom. The molecule has 0 aromatic rings. The number of hydrogen-bond acceptors (Lipinski definition) is 3. The third-order valence-electron chi connectivity index (χ3n) is 3.15. The minimum absolute atomic E-state index is 0.628. The fraction of sp³-hybridized carbons (Fsp3) is 1.00. The number of nitrogens with one attached hydrogen (secondary N) is 1. The lowest BCUT2D eigenvalue weighted by molar-refractivity contribution is 0.151. The Morgan fingerprint density at radius 2 is 2.29 bits per heavy atom. The molecule has 2 fully saturated rings. The molecule has 14 heavy (non-hydrogen) atoms. The number of rotatable bonds is 5. The molecule has 2 nitrogen and oxygen atoms in total. The van der Waals surface area contributed by atoms with Crippen molar-refractivity contribution in [3.8, 4) is 0 Å². The Morgan fingerprint density at radius 1 is 1.43 bits per heavy atom. The Balaban J connectivity index is 1.73. The van der Waals surface area contributed by atoms with E-state index in [1.807, 2.05) is 7.11 Å². The van der Waals surface area contributed by atoms with Gasteiger partial charge < -0.3 is 10.1 Å². The minimum atomic E-state index is 0.628. The second-order valence-electron chi connectivity index (χ2n) is 4.48. The molecule has 1 saturated heterocycles. The lowest BCUT2D eigenvalue weighted by atomic mass is 10.1. The SMILES string of the molecule is COCC(NC1CCCSC1)C1CC1. The van der Waals surface area contributed by atoms with Crippen LogP contribution >= 0.6 is 11.8 Å². The molecule has 0 spiro atoms. The predicted molar refractivity (Wildman–Crippen MR) is 61.9 cm³/mol. The van der Waals surface area contributed by atoms with Gasteiger partial charge in [-0.2, -0.15) is 11.8 Å². The quantitative estimate of drug-likeness (QED) is 0.757. The standard InChI is InChI=1S/C11H21NOS/c1-13-7-11(9-4-5-9)12-10-3-2-6-14-8-10/h9-12H,2-8H2,1H3. The molecule has 0 aromatic heterocycles. The maximum Gasteiger partial charge on any atom is 0.0618 e. The van der Waals surface area contributed by atoms with E-state index < -0.39 is 0 Å². The zero-order valence-electron chi connectivity index (χ0n) is 9.00. The summed E-state index contributed by atoms with van der Waals surface area (Å²) in [6, 6.07) is 1.37. The van der Waals surface area contributed by atoms with Gasteiger partial charge in [0.25, 0.3) is 0 Å². The molecule has 0 aromatic carbocycles. The maximum absolute atomic E-state index is 5.28. The van der Waals surface area contributed by atoms with Gasteiger partial charge in [-0.25, -0.2) is 0 Å². The Labute approximate surface area is 91.2 Å². The molecule has 3 heteroatoms. The van der Waals surface area contributed by atoms with Gasteiger partial charge in [0.2, 0.25) is 0 Å². The number of ether oxygens (including phenoxy) is 1. The molecule has 1 aliphatic carbocycles. The van der Waals surface area contributed by atoms with E-state index in [4.69, 9.17) is 4.74 Å². The molecule has 2 unspecified atom stereocenters. The number of thioether (sulfide) groups is 1. The summed E-state index contributed by atoms with van der Waals surface area (Å²) in [5.74, 6) is 3.56. The Hall–Kier alpha value is 0.270. The van der Waals surface area contributed by atoms with E-state index in [1.165, 1.54) is 37.2 Å². The molecular weight excluding hydrogens is 194 g/mol. The summed E-state index contributed by atoms with van der Waals surface area (Å²) < 4.78 is 5.28. The highest BCUT2D eigenvalue weighted by Crippen LogP contribution is 2.33. The van der Waals surface area contributed by atoms with Gasteiger partial charge in [-0.15, -0.1) is 0 Å². The van der Waals surface area contributed by atoms with Gasteiger partial charge in [0.05, 0.1) is 6.61 Å². The van der Waals surface area contributed by atoms with Crippen LogP contribution in [0.15, 0.2) is 0 Å². The third-order valence-corrected chi connectivity index (χ3v) is 4.36. The molecule has 1 N–H and O–H groups in total. The lowest BCUT2D eigenvalue weighted by Gasteiger charge is -2.28. The second-order valence-corrected chi connectivity index (χ2v) is 5.63. The summed E-state index contributed by atoms with van der Waals surface area (Å²) in [4.78, 5) is 0. The molecule has 0 amide bonds. The van der Waals surface area contributed by atoms with E-state index in [1.54, 1.807) is 0 Å². The van der Waals surface area contributed by atoms with E-state index in [9.17, 15) is 0 Å². The highest BCUT2D eigenvalue weighted by molar-refractivity contribution is 7.99.